The zero-order chi connectivity index (χ0) is 14.9. The molecule has 0 amide bonds. The van der Waals surface area contributed by atoms with Gasteiger partial charge in [-0.3, -0.25) is 4.98 Å². The van der Waals surface area contributed by atoms with Crippen LogP contribution in [0.3, 0.4) is 0 Å². The summed E-state index contributed by atoms with van der Waals surface area (Å²) >= 11 is 0. The van der Waals surface area contributed by atoms with Gasteiger partial charge in [0.1, 0.15) is 5.75 Å². The summed E-state index contributed by atoms with van der Waals surface area (Å²) < 4.78 is 5.85. The summed E-state index contributed by atoms with van der Waals surface area (Å²) in [4.78, 5) is 4.13. The minimum Gasteiger partial charge on any atom is -0.493 e. The molecule has 0 saturated heterocycles. The third kappa shape index (κ3) is 2.41. The maximum Gasteiger partial charge on any atom is 0.122 e. The van der Waals surface area contributed by atoms with Gasteiger partial charge in [0.05, 0.1) is 18.1 Å². The summed E-state index contributed by atoms with van der Waals surface area (Å²) in [5, 5.41) is 10.9. The molecule has 2 aromatic rings. The van der Waals surface area contributed by atoms with E-state index in [1.54, 1.807) is 12.4 Å². The third-order valence-corrected chi connectivity index (χ3v) is 4.39. The highest BCUT2D eigenvalue weighted by Crippen LogP contribution is 2.42. The molecular weight excluding hydrogens is 264 g/mol. The van der Waals surface area contributed by atoms with Crippen LogP contribution in [-0.2, 0) is 6.42 Å². The second kappa shape index (κ2) is 5.47. The molecule has 1 aliphatic rings. The molecule has 0 radical (unpaired) electrons. The molecule has 2 atom stereocenters. The van der Waals surface area contributed by atoms with Crippen molar-refractivity contribution < 1.29 is 9.84 Å². The minimum absolute atomic E-state index is 0.358. The fraction of sp³-hybridized carbons (Fsp3) is 0.353. The van der Waals surface area contributed by atoms with E-state index in [9.17, 15) is 5.11 Å². The first-order valence-electron chi connectivity index (χ1n) is 7.16. The van der Waals surface area contributed by atoms with Gasteiger partial charge in [-0.2, -0.15) is 0 Å². The Hall–Kier alpha value is -1.91. The van der Waals surface area contributed by atoms with Gasteiger partial charge in [-0.05, 0) is 36.6 Å². The summed E-state index contributed by atoms with van der Waals surface area (Å²) in [6.45, 7) is 2.74. The number of benzene rings is 1. The zero-order valence-electron chi connectivity index (χ0n) is 12.1. The smallest absolute Gasteiger partial charge is 0.122 e. The third-order valence-electron chi connectivity index (χ3n) is 4.39. The number of pyridine rings is 1. The molecule has 2 heterocycles. The number of aliphatic hydroxyl groups excluding tert-OH is 1. The molecule has 3 N–H and O–H groups in total. The van der Waals surface area contributed by atoms with Crippen molar-refractivity contribution in [2.24, 2.45) is 11.1 Å². The Bertz CT molecular complexity index is 644. The number of nitrogens with two attached hydrogens (primary N) is 1. The molecule has 3 rings (SSSR count). The van der Waals surface area contributed by atoms with E-state index in [4.69, 9.17) is 10.5 Å². The Kier molecular flexibility index (Phi) is 3.66. The van der Waals surface area contributed by atoms with Crippen LogP contribution in [0.4, 0.5) is 0 Å². The number of hydrogen-bond donors (Lipinski definition) is 2. The van der Waals surface area contributed by atoms with E-state index in [1.165, 1.54) is 0 Å². The minimum atomic E-state index is -0.690. The molecule has 1 aliphatic heterocycles. The van der Waals surface area contributed by atoms with Crippen LogP contribution < -0.4 is 10.5 Å². The Morgan fingerprint density at radius 1 is 1.38 bits per heavy atom. The van der Waals surface area contributed by atoms with Crippen LogP contribution in [0.25, 0.3) is 0 Å². The van der Waals surface area contributed by atoms with Gasteiger partial charge < -0.3 is 15.6 Å². The van der Waals surface area contributed by atoms with Gasteiger partial charge in [-0.1, -0.05) is 18.2 Å². The van der Waals surface area contributed by atoms with E-state index >= 15 is 0 Å². The van der Waals surface area contributed by atoms with Gasteiger partial charge in [0, 0.05) is 24.5 Å². The van der Waals surface area contributed by atoms with E-state index in [1.807, 2.05) is 37.3 Å². The number of hydrogen-bond acceptors (Lipinski definition) is 4. The Morgan fingerprint density at radius 3 is 2.95 bits per heavy atom. The average molecular weight is 284 g/mol. The number of aryl methyl sites for hydroxylation is 1. The first kappa shape index (κ1) is 14.0. The number of para-hydroxylation sites is 1. The lowest BCUT2D eigenvalue weighted by atomic mass is 9.73. The number of ether oxygens (including phenoxy) is 1. The van der Waals surface area contributed by atoms with E-state index in [-0.39, 0.29) is 0 Å². The number of aromatic nitrogens is 1. The van der Waals surface area contributed by atoms with Crippen molar-refractivity contribution in [1.82, 2.24) is 4.98 Å². The molecule has 4 heteroatoms. The van der Waals surface area contributed by atoms with Crippen molar-refractivity contribution in [1.29, 1.82) is 0 Å². The predicted molar refractivity (Wildman–Crippen MR) is 81.1 cm³/mol. The van der Waals surface area contributed by atoms with E-state index in [0.717, 1.165) is 22.4 Å². The molecule has 2 unspecified atom stereocenters. The van der Waals surface area contributed by atoms with Crippen LogP contribution in [0.2, 0.25) is 0 Å². The highest BCUT2D eigenvalue weighted by molar-refractivity contribution is 5.37. The molecule has 0 aliphatic carbocycles. The van der Waals surface area contributed by atoms with Crippen molar-refractivity contribution in [2.45, 2.75) is 19.4 Å². The molecule has 21 heavy (non-hydrogen) atoms. The molecule has 0 saturated carbocycles. The highest BCUT2D eigenvalue weighted by atomic mass is 16.5. The fourth-order valence-corrected chi connectivity index (χ4v) is 2.95. The normalized spacial score (nSPS) is 22.2. The van der Waals surface area contributed by atoms with Gasteiger partial charge >= 0.3 is 0 Å². The van der Waals surface area contributed by atoms with Crippen LogP contribution in [0.1, 0.15) is 22.8 Å². The van der Waals surface area contributed by atoms with Crippen molar-refractivity contribution >= 4 is 0 Å². The van der Waals surface area contributed by atoms with Gasteiger partial charge in [-0.25, -0.2) is 0 Å². The molecule has 4 nitrogen and oxygen atoms in total. The predicted octanol–water partition coefficient (Wildman–Crippen LogP) is 2.00. The second-order valence-corrected chi connectivity index (χ2v) is 5.77. The van der Waals surface area contributed by atoms with E-state index in [0.29, 0.717) is 19.6 Å². The first-order valence-corrected chi connectivity index (χ1v) is 7.16. The SMILES string of the molecule is Cc1ccncc1C(O)C1(CN)COc2ccccc2C1. The lowest BCUT2D eigenvalue weighted by Crippen LogP contribution is -2.46. The maximum atomic E-state index is 10.9. The summed E-state index contributed by atoms with van der Waals surface area (Å²) in [6, 6.07) is 9.83. The summed E-state index contributed by atoms with van der Waals surface area (Å²) in [5.74, 6) is 0.886. The quantitative estimate of drug-likeness (QED) is 0.904. The first-order chi connectivity index (χ1) is 10.2. The van der Waals surface area contributed by atoms with Crippen LogP contribution >= 0.6 is 0 Å². The number of fused-ring (bicyclic) bond motifs is 1. The lowest BCUT2D eigenvalue weighted by Gasteiger charge is -2.41. The molecule has 1 aromatic heterocycles. The van der Waals surface area contributed by atoms with Crippen molar-refractivity contribution in [3.63, 3.8) is 0 Å². The van der Waals surface area contributed by atoms with Crippen molar-refractivity contribution in [3.8, 4) is 5.75 Å². The van der Waals surface area contributed by atoms with Gasteiger partial charge in [0.2, 0.25) is 0 Å². The summed E-state index contributed by atoms with van der Waals surface area (Å²) in [5.41, 5.74) is 8.45. The van der Waals surface area contributed by atoms with Gasteiger partial charge in [0.25, 0.3) is 0 Å². The summed E-state index contributed by atoms with van der Waals surface area (Å²) in [7, 11) is 0. The molecule has 0 fully saturated rings. The topological polar surface area (TPSA) is 68.4 Å². The van der Waals surface area contributed by atoms with Crippen LogP contribution in [0, 0.1) is 12.3 Å². The average Bonchev–Trinajstić information content (AvgIpc) is 2.54. The monoisotopic (exact) mass is 284 g/mol. The van der Waals surface area contributed by atoms with Crippen LogP contribution in [0.15, 0.2) is 42.7 Å². The fourth-order valence-electron chi connectivity index (χ4n) is 2.95. The van der Waals surface area contributed by atoms with Crippen molar-refractivity contribution in [2.75, 3.05) is 13.2 Å². The number of rotatable bonds is 3. The van der Waals surface area contributed by atoms with E-state index < -0.39 is 11.5 Å². The molecular formula is C17H20N2O2. The lowest BCUT2D eigenvalue weighted by molar-refractivity contribution is -0.0166. The number of aliphatic hydroxyl groups is 1. The highest BCUT2D eigenvalue weighted by Gasteiger charge is 2.42. The van der Waals surface area contributed by atoms with Gasteiger partial charge in [0.15, 0.2) is 0 Å². The van der Waals surface area contributed by atoms with Gasteiger partial charge in [-0.15, -0.1) is 0 Å². The zero-order valence-corrected chi connectivity index (χ0v) is 12.1. The van der Waals surface area contributed by atoms with Crippen LogP contribution in [0.5, 0.6) is 5.75 Å². The largest absolute Gasteiger partial charge is 0.493 e. The number of nitrogens with zero attached hydrogens (tertiary/aromatic N) is 1. The maximum absolute atomic E-state index is 10.9. The Balaban J connectivity index is 1.97. The van der Waals surface area contributed by atoms with E-state index in [2.05, 4.69) is 4.98 Å². The van der Waals surface area contributed by atoms with Crippen LogP contribution in [-0.4, -0.2) is 23.2 Å². The molecule has 0 bridgehead atoms. The Morgan fingerprint density at radius 2 is 2.19 bits per heavy atom. The Labute approximate surface area is 124 Å². The molecule has 1 aromatic carbocycles. The van der Waals surface area contributed by atoms with Crippen molar-refractivity contribution in [3.05, 3.63) is 59.4 Å². The summed E-state index contributed by atoms with van der Waals surface area (Å²) in [6.07, 6.45) is 3.46. The molecule has 0 spiro atoms. The second-order valence-electron chi connectivity index (χ2n) is 5.77. The molecule has 110 valence electrons. The standard InChI is InChI=1S/C17H20N2O2/c1-12-6-7-19-9-14(12)16(20)17(10-18)8-13-4-2-3-5-15(13)21-11-17/h2-7,9,16,20H,8,10-11,18H2,1H3.